The van der Waals surface area contributed by atoms with Gasteiger partial charge in [-0.2, -0.15) is 4.21 Å². The quantitative estimate of drug-likeness (QED) is 0.0534. The van der Waals surface area contributed by atoms with Crippen LogP contribution >= 0.6 is 0 Å². The number of primary amides is 1. The maximum absolute atomic E-state index is 13.5. The third-order valence-electron chi connectivity index (χ3n) is 7.06. The first kappa shape index (κ1) is 40.5. The van der Waals surface area contributed by atoms with Crippen molar-refractivity contribution in [1.82, 2.24) is 20.9 Å². The lowest BCUT2D eigenvalue weighted by Gasteiger charge is -2.27. The van der Waals surface area contributed by atoms with Gasteiger partial charge in [-0.15, -0.1) is 0 Å². The van der Waals surface area contributed by atoms with Crippen molar-refractivity contribution in [2.24, 2.45) is 17.1 Å². The maximum atomic E-state index is 13.5. The van der Waals surface area contributed by atoms with Gasteiger partial charge < -0.3 is 31.7 Å². The molecule has 0 saturated carbocycles. The lowest BCUT2D eigenvalue weighted by Crippen LogP contribution is -2.56. The summed E-state index contributed by atoms with van der Waals surface area (Å²) < 4.78 is 30.8. The smallest absolute Gasteiger partial charge is 0.312 e. The molecule has 1 aromatic rings. The first-order valence-electron chi connectivity index (χ1n) is 15.4. The van der Waals surface area contributed by atoms with E-state index in [-0.39, 0.29) is 44.9 Å². The highest BCUT2D eigenvalue weighted by Crippen LogP contribution is 2.18. The molecular weight excluding hydrogens is 664 g/mol. The van der Waals surface area contributed by atoms with E-state index in [2.05, 4.69) is 21.3 Å². The summed E-state index contributed by atoms with van der Waals surface area (Å²) in [5.41, 5.74) is 5.50. The number of nitrogens with zero attached hydrogens (tertiary/aromatic N) is 1. The van der Waals surface area contributed by atoms with E-state index in [1.807, 2.05) is 0 Å². The van der Waals surface area contributed by atoms with E-state index < -0.39 is 76.4 Å². The second-order valence-electron chi connectivity index (χ2n) is 12.5. The van der Waals surface area contributed by atoms with E-state index >= 15 is 0 Å². The average molecular weight is 709 g/mol. The van der Waals surface area contributed by atoms with Gasteiger partial charge in [-0.05, 0) is 57.2 Å². The fourth-order valence-corrected chi connectivity index (χ4v) is 4.71. The number of esters is 1. The number of urea groups is 1. The Morgan fingerprint density at radius 3 is 2.08 bits per heavy atom. The zero-order valence-electron chi connectivity index (χ0n) is 28.0. The van der Waals surface area contributed by atoms with E-state index in [0.29, 0.717) is 11.3 Å². The summed E-state index contributed by atoms with van der Waals surface area (Å²) in [6, 6.07) is 3.33. The SMILES string of the molecule is CC(C)[C@H](NC(=O)[C@@H](CCN1C(=O)C=CC1=O)OS(=O)O)C(=O)N[C@@H](CCCNC(N)=O)C(=O)Nc1ccc(COC(=O)C(C)(C)C)cc1. The summed E-state index contributed by atoms with van der Waals surface area (Å²) in [6.07, 6.45) is 0.401. The fraction of sp³-hybridized carbons (Fsp3) is 0.516. The first-order valence-corrected chi connectivity index (χ1v) is 16.4. The molecule has 0 saturated heterocycles. The molecular formula is C31H44N6O11S. The topological polar surface area (TPSA) is 253 Å². The van der Waals surface area contributed by atoms with Gasteiger partial charge in [0.1, 0.15) is 18.7 Å². The Bertz CT molecular complexity index is 1420. The van der Waals surface area contributed by atoms with Crippen LogP contribution in [0.15, 0.2) is 36.4 Å². The van der Waals surface area contributed by atoms with Crippen LogP contribution in [0, 0.1) is 11.3 Å². The van der Waals surface area contributed by atoms with Crippen LogP contribution < -0.4 is 27.0 Å². The first-order chi connectivity index (χ1) is 22.9. The number of hydrogen-bond donors (Lipinski definition) is 6. The Kier molecular flexibility index (Phi) is 15.5. The number of hydrogen-bond acceptors (Lipinski definition) is 10. The van der Waals surface area contributed by atoms with E-state index in [4.69, 9.17) is 14.7 Å². The number of benzene rings is 1. The number of nitrogens with two attached hydrogens (primary N) is 1. The number of imide groups is 1. The molecule has 0 aromatic heterocycles. The number of anilines is 1. The molecule has 7 N–H and O–H groups in total. The van der Waals surface area contributed by atoms with Crippen LogP contribution in [0.2, 0.25) is 0 Å². The van der Waals surface area contributed by atoms with Crippen LogP contribution in [-0.4, -0.2) is 86.5 Å². The van der Waals surface area contributed by atoms with Gasteiger partial charge in [0, 0.05) is 37.3 Å². The van der Waals surface area contributed by atoms with E-state index in [1.165, 1.54) is 0 Å². The van der Waals surface area contributed by atoms with E-state index in [1.54, 1.807) is 58.9 Å². The predicted octanol–water partition coefficient (Wildman–Crippen LogP) is 0.626. The molecule has 0 spiro atoms. The molecule has 0 bridgehead atoms. The summed E-state index contributed by atoms with van der Waals surface area (Å²) in [4.78, 5) is 87.7. The predicted molar refractivity (Wildman–Crippen MR) is 176 cm³/mol. The molecule has 0 fully saturated rings. The maximum Gasteiger partial charge on any atom is 0.312 e. The fourth-order valence-electron chi connectivity index (χ4n) is 4.33. The van der Waals surface area contributed by atoms with Crippen molar-refractivity contribution < 1.29 is 51.2 Å². The molecule has 0 aliphatic carbocycles. The minimum absolute atomic E-state index is 0.0318. The highest BCUT2D eigenvalue weighted by Gasteiger charge is 2.33. The number of rotatable bonds is 18. The molecule has 1 aliphatic rings. The summed E-state index contributed by atoms with van der Waals surface area (Å²) in [5, 5.41) is 10.2. The van der Waals surface area contributed by atoms with Gasteiger partial charge in [-0.25, -0.2) is 4.79 Å². The average Bonchev–Trinajstić information content (AvgIpc) is 3.33. The highest BCUT2D eigenvalue weighted by molar-refractivity contribution is 7.74. The third-order valence-corrected chi connectivity index (χ3v) is 7.46. The molecule has 17 nitrogen and oxygen atoms in total. The molecule has 270 valence electrons. The van der Waals surface area contributed by atoms with Crippen molar-refractivity contribution in [3.05, 3.63) is 42.0 Å². The number of ether oxygens (including phenoxy) is 1. The highest BCUT2D eigenvalue weighted by atomic mass is 32.2. The van der Waals surface area contributed by atoms with Crippen molar-refractivity contribution in [3.63, 3.8) is 0 Å². The van der Waals surface area contributed by atoms with E-state index in [0.717, 1.165) is 17.1 Å². The molecule has 1 unspecified atom stereocenters. The Morgan fingerprint density at radius 2 is 1.55 bits per heavy atom. The molecule has 4 atom stereocenters. The molecule has 0 radical (unpaired) electrons. The minimum Gasteiger partial charge on any atom is -0.460 e. The van der Waals surface area contributed by atoms with Crippen LogP contribution in [-0.2, 0) is 55.7 Å². The van der Waals surface area contributed by atoms with Gasteiger partial charge in [-0.3, -0.25) is 42.4 Å². The monoisotopic (exact) mass is 708 g/mol. The summed E-state index contributed by atoms with van der Waals surface area (Å²) in [6.45, 7) is 8.27. The van der Waals surface area contributed by atoms with Crippen molar-refractivity contribution in [1.29, 1.82) is 0 Å². The molecule has 7 amide bonds. The van der Waals surface area contributed by atoms with Crippen LogP contribution in [0.5, 0.6) is 0 Å². The summed E-state index contributed by atoms with van der Waals surface area (Å²) in [7, 11) is 0. The van der Waals surface area contributed by atoms with Crippen molar-refractivity contribution in [2.45, 2.75) is 78.7 Å². The number of carbonyl (C=O) groups is 7. The van der Waals surface area contributed by atoms with Crippen molar-refractivity contribution in [3.8, 4) is 0 Å². The zero-order chi connectivity index (χ0) is 36.9. The summed E-state index contributed by atoms with van der Waals surface area (Å²) >= 11 is -2.90. The Morgan fingerprint density at radius 1 is 0.939 bits per heavy atom. The molecule has 1 aromatic carbocycles. The Labute approximate surface area is 286 Å². The minimum atomic E-state index is -2.90. The third kappa shape index (κ3) is 13.8. The van der Waals surface area contributed by atoms with Crippen molar-refractivity contribution in [2.75, 3.05) is 18.4 Å². The van der Waals surface area contributed by atoms with Crippen LogP contribution in [0.3, 0.4) is 0 Å². The Hall–Kier alpha value is -4.68. The van der Waals surface area contributed by atoms with Crippen molar-refractivity contribution >= 4 is 58.6 Å². The lowest BCUT2D eigenvalue weighted by atomic mass is 9.97. The Balaban J connectivity index is 2.14. The molecule has 1 aliphatic heterocycles. The molecule has 2 rings (SSSR count). The van der Waals surface area contributed by atoms with Gasteiger partial charge in [-0.1, -0.05) is 26.0 Å². The number of nitrogens with one attached hydrogen (secondary N) is 4. The van der Waals surface area contributed by atoms with Gasteiger partial charge >= 0.3 is 23.4 Å². The number of carbonyl (C=O) groups excluding carboxylic acids is 7. The zero-order valence-corrected chi connectivity index (χ0v) is 28.8. The molecule has 49 heavy (non-hydrogen) atoms. The van der Waals surface area contributed by atoms with Gasteiger partial charge in [0.25, 0.3) is 17.7 Å². The van der Waals surface area contributed by atoms with Crippen LogP contribution in [0.1, 0.15) is 59.4 Å². The standard InChI is InChI=1S/C31H44N6O11S/c1-18(2)25(36-27(41)22(48-49(45)46)14-16-37-23(38)12-13-24(37)39)28(42)35-21(7-6-15-33-30(32)44)26(40)34-20-10-8-19(9-11-20)17-47-29(43)31(3,4)5/h8-13,18,21-22,25H,6-7,14-17H2,1-5H3,(H,34,40)(H,35,42)(H,36,41)(H,45,46)(H3,32,33,44)/t21-,22+,25-/m0/s1. The largest absolute Gasteiger partial charge is 0.460 e. The lowest BCUT2D eigenvalue weighted by molar-refractivity contribution is -0.154. The molecule has 1 heterocycles. The van der Waals surface area contributed by atoms with Gasteiger partial charge in [0.05, 0.1) is 5.41 Å². The van der Waals surface area contributed by atoms with Crippen LogP contribution in [0.4, 0.5) is 10.5 Å². The van der Waals surface area contributed by atoms with Gasteiger partial charge in [0.2, 0.25) is 11.8 Å². The second-order valence-corrected chi connectivity index (χ2v) is 13.1. The number of amides is 7. The molecule has 18 heteroatoms. The normalized spacial score (nSPS) is 15.3. The van der Waals surface area contributed by atoms with Gasteiger partial charge in [0.15, 0.2) is 6.10 Å². The van der Waals surface area contributed by atoms with Crippen LogP contribution in [0.25, 0.3) is 0 Å². The second kappa shape index (κ2) is 18.8. The van der Waals surface area contributed by atoms with E-state index in [9.17, 15) is 42.3 Å². The summed E-state index contributed by atoms with van der Waals surface area (Å²) in [5.74, 6) is -4.51.